The minimum absolute atomic E-state index is 0.195. The summed E-state index contributed by atoms with van der Waals surface area (Å²) in [6.45, 7) is 0. The molecule has 1 N–H and O–H groups in total. The van der Waals surface area contributed by atoms with E-state index < -0.39 is 0 Å². The Labute approximate surface area is 120 Å². The summed E-state index contributed by atoms with van der Waals surface area (Å²) in [4.78, 5) is 26.9. The van der Waals surface area contributed by atoms with Crippen molar-refractivity contribution in [1.29, 1.82) is 0 Å². The molecule has 0 fully saturated rings. The fourth-order valence-electron chi connectivity index (χ4n) is 1.89. The molecule has 0 spiro atoms. The van der Waals surface area contributed by atoms with E-state index in [1.54, 1.807) is 30.6 Å². The van der Waals surface area contributed by atoms with Crippen LogP contribution in [-0.2, 0) is 0 Å². The van der Waals surface area contributed by atoms with E-state index in [4.69, 9.17) is 0 Å². The molecule has 0 bridgehead atoms. The summed E-state index contributed by atoms with van der Waals surface area (Å²) in [6, 6.07) is 7.17. The van der Waals surface area contributed by atoms with Crippen molar-refractivity contribution in [2.24, 2.45) is 0 Å². The second-order valence-electron chi connectivity index (χ2n) is 4.66. The van der Waals surface area contributed by atoms with Crippen molar-refractivity contribution in [3.8, 4) is 0 Å². The molecule has 0 aromatic carbocycles. The van der Waals surface area contributed by atoms with Crippen LogP contribution in [0.2, 0.25) is 0 Å². The summed E-state index contributed by atoms with van der Waals surface area (Å²) in [7, 11) is 3.77. The first-order chi connectivity index (χ1) is 10.1. The molecule has 0 atom stereocenters. The fraction of sp³-hybridized carbons (Fsp3) is 0.143. The fourth-order valence-corrected chi connectivity index (χ4v) is 1.89. The first-order valence-electron chi connectivity index (χ1n) is 6.39. The van der Waals surface area contributed by atoms with Crippen molar-refractivity contribution in [2.45, 2.75) is 0 Å². The Balaban J connectivity index is 2.00. The van der Waals surface area contributed by atoms with Gasteiger partial charge in [0.1, 0.15) is 17.2 Å². The van der Waals surface area contributed by atoms with Gasteiger partial charge in [0, 0.05) is 26.5 Å². The lowest BCUT2D eigenvalue weighted by atomic mass is 10.4. The quantitative estimate of drug-likeness (QED) is 0.780. The molecule has 0 amide bonds. The van der Waals surface area contributed by atoms with Gasteiger partial charge in [-0.2, -0.15) is 4.98 Å². The summed E-state index contributed by atoms with van der Waals surface area (Å²) in [6.07, 6.45) is 4.80. The van der Waals surface area contributed by atoms with Crippen molar-refractivity contribution < 1.29 is 0 Å². The van der Waals surface area contributed by atoms with Crippen LogP contribution in [0.3, 0.4) is 0 Å². The molecule has 7 heteroatoms. The van der Waals surface area contributed by atoms with E-state index in [1.807, 2.05) is 25.1 Å². The minimum Gasteiger partial charge on any atom is -0.363 e. The lowest BCUT2D eigenvalue weighted by molar-refractivity contribution is 1.02. The minimum atomic E-state index is -0.195. The maximum Gasteiger partial charge on any atom is 0.281 e. The Morgan fingerprint density at radius 1 is 1.19 bits per heavy atom. The van der Waals surface area contributed by atoms with E-state index in [2.05, 4.69) is 20.3 Å². The highest BCUT2D eigenvalue weighted by molar-refractivity contribution is 5.55. The largest absolute Gasteiger partial charge is 0.363 e. The van der Waals surface area contributed by atoms with Gasteiger partial charge in [-0.1, -0.05) is 6.07 Å². The van der Waals surface area contributed by atoms with E-state index in [-0.39, 0.29) is 5.56 Å². The average Bonchev–Trinajstić information content (AvgIpc) is 2.51. The zero-order valence-electron chi connectivity index (χ0n) is 11.7. The topological polar surface area (TPSA) is 75.4 Å². The van der Waals surface area contributed by atoms with Gasteiger partial charge in [-0.05, 0) is 18.2 Å². The first kappa shape index (κ1) is 13.0. The lowest BCUT2D eigenvalue weighted by Gasteiger charge is -2.12. The summed E-state index contributed by atoms with van der Waals surface area (Å²) in [5.41, 5.74) is 0.727. The molecule has 0 aliphatic rings. The maximum atomic E-state index is 12.3. The number of nitrogens with one attached hydrogen (secondary N) is 1. The van der Waals surface area contributed by atoms with Crippen molar-refractivity contribution in [3.63, 3.8) is 0 Å². The van der Waals surface area contributed by atoms with Gasteiger partial charge < -0.3 is 10.2 Å². The predicted molar refractivity (Wildman–Crippen MR) is 81.1 cm³/mol. The van der Waals surface area contributed by atoms with E-state index >= 15 is 0 Å². The molecular formula is C14H14N6O. The number of anilines is 3. The van der Waals surface area contributed by atoms with Crippen LogP contribution in [-0.4, -0.2) is 33.4 Å². The molecule has 0 radical (unpaired) electrons. The van der Waals surface area contributed by atoms with Crippen molar-refractivity contribution in [3.05, 3.63) is 53.2 Å². The van der Waals surface area contributed by atoms with Gasteiger partial charge >= 0.3 is 0 Å². The van der Waals surface area contributed by atoms with E-state index in [1.165, 1.54) is 10.6 Å². The van der Waals surface area contributed by atoms with Crippen molar-refractivity contribution in [1.82, 2.24) is 19.4 Å². The third-order valence-corrected chi connectivity index (χ3v) is 2.96. The van der Waals surface area contributed by atoms with Crippen LogP contribution in [0, 0.1) is 0 Å². The number of rotatable bonds is 3. The summed E-state index contributed by atoms with van der Waals surface area (Å²) >= 11 is 0. The van der Waals surface area contributed by atoms with Gasteiger partial charge in [0.15, 0.2) is 0 Å². The SMILES string of the molecule is CN(C)c1ccnc(Nc2cnc3ccccn3c2=O)n1. The monoisotopic (exact) mass is 282 g/mol. The predicted octanol–water partition coefficient (Wildman–Crippen LogP) is 1.29. The number of fused-ring (bicyclic) bond motifs is 1. The molecule has 3 heterocycles. The zero-order valence-corrected chi connectivity index (χ0v) is 11.7. The average molecular weight is 282 g/mol. The van der Waals surface area contributed by atoms with Crippen LogP contribution in [0.25, 0.3) is 5.65 Å². The van der Waals surface area contributed by atoms with Crippen LogP contribution < -0.4 is 15.8 Å². The molecule has 7 nitrogen and oxygen atoms in total. The molecule has 21 heavy (non-hydrogen) atoms. The Morgan fingerprint density at radius 3 is 2.86 bits per heavy atom. The van der Waals surface area contributed by atoms with E-state index in [0.29, 0.717) is 17.3 Å². The van der Waals surface area contributed by atoms with Crippen molar-refractivity contribution >= 4 is 23.1 Å². The van der Waals surface area contributed by atoms with Gasteiger partial charge in [0.2, 0.25) is 5.95 Å². The number of aromatic nitrogens is 4. The number of hydrogen-bond acceptors (Lipinski definition) is 6. The molecular weight excluding hydrogens is 268 g/mol. The Hall–Kier alpha value is -2.96. The smallest absolute Gasteiger partial charge is 0.281 e. The molecule has 106 valence electrons. The first-order valence-corrected chi connectivity index (χ1v) is 6.39. The number of pyridine rings is 1. The normalized spacial score (nSPS) is 10.6. The van der Waals surface area contributed by atoms with Crippen molar-refractivity contribution in [2.75, 3.05) is 24.3 Å². The highest BCUT2D eigenvalue weighted by Gasteiger charge is 2.07. The maximum absolute atomic E-state index is 12.3. The summed E-state index contributed by atoms with van der Waals surface area (Å²) in [5.74, 6) is 1.11. The highest BCUT2D eigenvalue weighted by Crippen LogP contribution is 2.12. The van der Waals surface area contributed by atoms with Gasteiger partial charge in [-0.25, -0.2) is 9.97 Å². The third-order valence-electron chi connectivity index (χ3n) is 2.96. The Morgan fingerprint density at radius 2 is 2.05 bits per heavy atom. The molecule has 3 rings (SSSR count). The van der Waals surface area contributed by atoms with Gasteiger partial charge in [-0.15, -0.1) is 0 Å². The molecule has 0 aliphatic carbocycles. The van der Waals surface area contributed by atoms with E-state index in [0.717, 1.165) is 5.82 Å². The van der Waals surface area contributed by atoms with Crippen LogP contribution in [0.5, 0.6) is 0 Å². The molecule has 0 saturated heterocycles. The Bertz CT molecular complexity index is 842. The molecule has 0 saturated carbocycles. The van der Waals surface area contributed by atoms with Gasteiger partial charge in [0.25, 0.3) is 5.56 Å². The molecule has 3 aromatic heterocycles. The van der Waals surface area contributed by atoms with Gasteiger partial charge in [0.05, 0.1) is 6.20 Å². The zero-order chi connectivity index (χ0) is 14.8. The van der Waals surface area contributed by atoms with Gasteiger partial charge in [-0.3, -0.25) is 9.20 Å². The summed E-state index contributed by atoms with van der Waals surface area (Å²) in [5, 5.41) is 2.91. The Kier molecular flexibility index (Phi) is 3.23. The number of nitrogens with zero attached hydrogens (tertiary/aromatic N) is 5. The van der Waals surface area contributed by atoms with Crippen LogP contribution >= 0.6 is 0 Å². The molecule has 0 aliphatic heterocycles. The third kappa shape index (κ3) is 2.53. The molecule has 3 aromatic rings. The number of hydrogen-bond donors (Lipinski definition) is 1. The molecule has 0 unspecified atom stereocenters. The highest BCUT2D eigenvalue weighted by atomic mass is 16.1. The summed E-state index contributed by atoms with van der Waals surface area (Å²) < 4.78 is 1.47. The van der Waals surface area contributed by atoms with Crippen LogP contribution in [0.4, 0.5) is 17.5 Å². The second kappa shape index (κ2) is 5.20. The van der Waals surface area contributed by atoms with Crippen LogP contribution in [0.1, 0.15) is 0 Å². The lowest BCUT2D eigenvalue weighted by Crippen LogP contribution is -2.19. The standard InChI is InChI=1S/C14H14N6O/c1-19(2)12-6-7-15-14(18-12)17-10-9-16-11-5-3-4-8-20(11)13(10)21/h3-9H,1-2H3,(H,15,17,18). The van der Waals surface area contributed by atoms with Crippen LogP contribution in [0.15, 0.2) is 47.7 Å². The second-order valence-corrected chi connectivity index (χ2v) is 4.66. The van der Waals surface area contributed by atoms with E-state index in [9.17, 15) is 4.79 Å².